The van der Waals surface area contributed by atoms with Crippen molar-refractivity contribution in [3.8, 4) is 0 Å². The molecule has 1 aliphatic rings. The first kappa shape index (κ1) is 15.0. The molecule has 4 nitrogen and oxygen atoms in total. The molecule has 0 aromatic heterocycles. The summed E-state index contributed by atoms with van der Waals surface area (Å²) in [6, 6.07) is 8.30. The fourth-order valence-electron chi connectivity index (χ4n) is 3.16. The van der Waals surface area contributed by atoms with Gasteiger partial charge in [-0.2, -0.15) is 0 Å². The number of carbonyl (C=O) groups excluding carboxylic acids is 1. The van der Waals surface area contributed by atoms with Gasteiger partial charge in [0, 0.05) is 18.2 Å². The van der Waals surface area contributed by atoms with Crippen molar-refractivity contribution in [2.75, 3.05) is 7.05 Å². The number of nitrogen functional groups attached to an aromatic ring is 1. The maximum atomic E-state index is 11.8. The van der Waals surface area contributed by atoms with Gasteiger partial charge < -0.3 is 0 Å². The average molecular weight is 275 g/mol. The summed E-state index contributed by atoms with van der Waals surface area (Å²) in [4.78, 5) is 14.2. The fourth-order valence-corrected chi connectivity index (χ4v) is 3.16. The Morgan fingerprint density at radius 3 is 2.85 bits per heavy atom. The molecule has 110 valence electrons. The van der Waals surface area contributed by atoms with Crippen LogP contribution in [0.5, 0.6) is 0 Å². The number of carbonyl (C=O) groups is 1. The average Bonchev–Trinajstić information content (AvgIpc) is 2.47. The van der Waals surface area contributed by atoms with Crippen molar-refractivity contribution >= 4 is 5.91 Å². The molecule has 1 aromatic carbocycles. The second-order valence-electron chi connectivity index (χ2n) is 5.97. The summed E-state index contributed by atoms with van der Waals surface area (Å²) in [5, 5.41) is 0. The van der Waals surface area contributed by atoms with Crippen LogP contribution in [0.15, 0.2) is 24.3 Å². The third-order valence-corrected chi connectivity index (χ3v) is 4.34. The van der Waals surface area contributed by atoms with Crippen LogP contribution in [-0.4, -0.2) is 23.9 Å². The van der Waals surface area contributed by atoms with Crippen molar-refractivity contribution in [2.24, 2.45) is 11.8 Å². The summed E-state index contributed by atoms with van der Waals surface area (Å²) < 4.78 is 0. The second-order valence-corrected chi connectivity index (χ2v) is 5.97. The quantitative estimate of drug-likeness (QED) is 0.503. The van der Waals surface area contributed by atoms with E-state index in [-0.39, 0.29) is 5.91 Å². The van der Waals surface area contributed by atoms with Gasteiger partial charge in [0.2, 0.25) is 0 Å². The van der Waals surface area contributed by atoms with Gasteiger partial charge in [-0.15, -0.1) is 0 Å². The van der Waals surface area contributed by atoms with Crippen LogP contribution in [0, 0.1) is 5.92 Å². The number of amides is 1. The van der Waals surface area contributed by atoms with Crippen molar-refractivity contribution < 1.29 is 4.79 Å². The molecule has 2 atom stereocenters. The van der Waals surface area contributed by atoms with Gasteiger partial charge in [0.1, 0.15) is 0 Å². The SMILES string of the molecule is CC1CCCC(N(C)Cc2ccccc2C(=O)NN)C1. The summed E-state index contributed by atoms with van der Waals surface area (Å²) >= 11 is 0. The Balaban J connectivity index is 2.07. The molecular weight excluding hydrogens is 250 g/mol. The fraction of sp³-hybridized carbons (Fsp3) is 0.562. The number of nitrogens with two attached hydrogens (primary N) is 1. The second kappa shape index (κ2) is 6.86. The van der Waals surface area contributed by atoms with E-state index in [9.17, 15) is 4.79 Å². The zero-order valence-corrected chi connectivity index (χ0v) is 12.4. The maximum Gasteiger partial charge on any atom is 0.265 e. The van der Waals surface area contributed by atoms with Gasteiger partial charge in [-0.25, -0.2) is 5.84 Å². The lowest BCUT2D eigenvalue weighted by Crippen LogP contribution is -2.36. The van der Waals surface area contributed by atoms with Crippen LogP contribution in [0.1, 0.15) is 48.5 Å². The van der Waals surface area contributed by atoms with Gasteiger partial charge in [0.25, 0.3) is 5.91 Å². The van der Waals surface area contributed by atoms with Crippen molar-refractivity contribution in [1.82, 2.24) is 10.3 Å². The molecule has 0 bridgehead atoms. The number of hydrogen-bond acceptors (Lipinski definition) is 3. The molecule has 0 radical (unpaired) electrons. The van der Waals surface area contributed by atoms with E-state index in [2.05, 4.69) is 24.3 Å². The highest BCUT2D eigenvalue weighted by Gasteiger charge is 2.23. The Morgan fingerprint density at radius 2 is 2.15 bits per heavy atom. The van der Waals surface area contributed by atoms with Crippen LogP contribution in [-0.2, 0) is 6.54 Å². The van der Waals surface area contributed by atoms with Crippen LogP contribution in [0.4, 0.5) is 0 Å². The number of rotatable bonds is 4. The Morgan fingerprint density at radius 1 is 1.40 bits per heavy atom. The molecule has 1 fully saturated rings. The Hall–Kier alpha value is -1.39. The summed E-state index contributed by atoms with van der Waals surface area (Å²) in [5.74, 6) is 5.84. The van der Waals surface area contributed by atoms with Crippen molar-refractivity contribution in [1.29, 1.82) is 0 Å². The Kier molecular flexibility index (Phi) is 5.15. The number of hydrazine groups is 1. The molecule has 1 saturated carbocycles. The van der Waals surface area contributed by atoms with Crippen LogP contribution < -0.4 is 11.3 Å². The van der Waals surface area contributed by atoms with Crippen LogP contribution in [0.2, 0.25) is 0 Å². The standard InChI is InChI=1S/C16H25N3O/c1-12-6-5-8-14(10-12)19(2)11-13-7-3-4-9-15(13)16(20)18-17/h3-4,7,9,12,14H,5-6,8,10-11,17H2,1-2H3,(H,18,20). The molecule has 0 saturated heterocycles. The molecule has 0 heterocycles. The van der Waals surface area contributed by atoms with Crippen molar-refractivity contribution in [3.63, 3.8) is 0 Å². The third-order valence-electron chi connectivity index (χ3n) is 4.34. The molecule has 3 N–H and O–H groups in total. The van der Waals surface area contributed by atoms with Gasteiger partial charge in [-0.3, -0.25) is 15.1 Å². The van der Waals surface area contributed by atoms with E-state index in [0.717, 1.165) is 18.0 Å². The first-order valence-electron chi connectivity index (χ1n) is 7.41. The zero-order valence-electron chi connectivity index (χ0n) is 12.4. The molecule has 0 aliphatic heterocycles. The van der Waals surface area contributed by atoms with Crippen LogP contribution in [0.25, 0.3) is 0 Å². The van der Waals surface area contributed by atoms with E-state index < -0.39 is 0 Å². The predicted molar refractivity (Wildman–Crippen MR) is 81.0 cm³/mol. The maximum absolute atomic E-state index is 11.8. The molecule has 2 rings (SSSR count). The first-order chi connectivity index (χ1) is 9.61. The van der Waals surface area contributed by atoms with Gasteiger partial charge in [-0.1, -0.05) is 38.0 Å². The minimum Gasteiger partial charge on any atom is -0.299 e. The Bertz CT molecular complexity index is 461. The summed E-state index contributed by atoms with van der Waals surface area (Å²) in [6.07, 6.45) is 5.16. The van der Waals surface area contributed by atoms with Crippen LogP contribution in [0.3, 0.4) is 0 Å². The minimum absolute atomic E-state index is 0.217. The van der Waals surface area contributed by atoms with Gasteiger partial charge in [0.15, 0.2) is 0 Å². The predicted octanol–water partition coefficient (Wildman–Crippen LogP) is 2.30. The van der Waals surface area contributed by atoms with Crippen molar-refractivity contribution in [2.45, 2.75) is 45.2 Å². The largest absolute Gasteiger partial charge is 0.299 e. The van der Waals surface area contributed by atoms with Crippen molar-refractivity contribution in [3.05, 3.63) is 35.4 Å². The normalized spacial score (nSPS) is 22.8. The summed E-state index contributed by atoms with van der Waals surface area (Å²) in [7, 11) is 2.15. The molecule has 0 spiro atoms. The molecule has 1 aliphatic carbocycles. The number of hydrogen-bond donors (Lipinski definition) is 2. The minimum atomic E-state index is -0.217. The van der Waals surface area contributed by atoms with E-state index in [1.807, 2.05) is 24.3 Å². The van der Waals surface area contributed by atoms with Gasteiger partial charge in [-0.05, 0) is 37.4 Å². The van der Waals surface area contributed by atoms with Gasteiger partial charge >= 0.3 is 0 Å². The Labute approximate surface area is 121 Å². The highest BCUT2D eigenvalue weighted by atomic mass is 16.2. The summed E-state index contributed by atoms with van der Waals surface area (Å²) in [6.45, 7) is 3.12. The number of nitrogens with one attached hydrogen (secondary N) is 1. The third kappa shape index (κ3) is 3.58. The summed E-state index contributed by atoms with van der Waals surface area (Å²) in [5.41, 5.74) is 3.93. The molecule has 1 aromatic rings. The smallest absolute Gasteiger partial charge is 0.265 e. The molecule has 4 heteroatoms. The zero-order chi connectivity index (χ0) is 14.5. The molecule has 1 amide bonds. The molecule has 20 heavy (non-hydrogen) atoms. The van der Waals surface area contributed by atoms with Gasteiger partial charge in [0.05, 0.1) is 0 Å². The van der Waals surface area contributed by atoms with E-state index >= 15 is 0 Å². The van der Waals surface area contributed by atoms with E-state index in [1.165, 1.54) is 25.7 Å². The lowest BCUT2D eigenvalue weighted by molar-refractivity contribution is 0.0950. The lowest BCUT2D eigenvalue weighted by atomic mass is 9.86. The lowest BCUT2D eigenvalue weighted by Gasteiger charge is -2.34. The number of benzene rings is 1. The number of nitrogens with zero attached hydrogens (tertiary/aromatic N) is 1. The highest BCUT2D eigenvalue weighted by Crippen LogP contribution is 2.27. The molecular formula is C16H25N3O. The molecule has 2 unspecified atom stereocenters. The monoisotopic (exact) mass is 275 g/mol. The van der Waals surface area contributed by atoms with E-state index in [0.29, 0.717) is 11.6 Å². The topological polar surface area (TPSA) is 58.4 Å². The first-order valence-corrected chi connectivity index (χ1v) is 7.41. The highest BCUT2D eigenvalue weighted by molar-refractivity contribution is 5.95. The van der Waals surface area contributed by atoms with E-state index in [4.69, 9.17) is 5.84 Å². The van der Waals surface area contributed by atoms with Crippen LogP contribution >= 0.6 is 0 Å². The van der Waals surface area contributed by atoms with E-state index in [1.54, 1.807) is 0 Å².